The minimum atomic E-state index is -4.48. The second kappa shape index (κ2) is 8.91. The van der Waals surface area contributed by atoms with Crippen LogP contribution < -0.4 is 5.32 Å². The van der Waals surface area contributed by atoms with Crippen LogP contribution in [0.15, 0.2) is 53.5 Å². The van der Waals surface area contributed by atoms with Crippen molar-refractivity contribution in [2.24, 2.45) is 4.99 Å². The third kappa shape index (κ3) is 5.21. The normalized spacial score (nSPS) is 18.2. The van der Waals surface area contributed by atoms with Gasteiger partial charge in [-0.2, -0.15) is 13.2 Å². The molecule has 5 nitrogen and oxygen atoms in total. The average Bonchev–Trinajstić information content (AvgIpc) is 2.97. The summed E-state index contributed by atoms with van der Waals surface area (Å²) in [6.45, 7) is 3.98. The molecule has 0 aromatic heterocycles. The first kappa shape index (κ1) is 21.9. The van der Waals surface area contributed by atoms with E-state index in [1.165, 1.54) is 17.0 Å². The fourth-order valence-electron chi connectivity index (χ4n) is 2.90. The van der Waals surface area contributed by atoms with E-state index in [1.807, 2.05) is 19.1 Å². The van der Waals surface area contributed by atoms with Crippen LogP contribution in [-0.2, 0) is 15.8 Å². The number of thioether (sulfide) groups is 1. The fraction of sp³-hybridized carbons (Fsp3) is 0.286. The number of nitrogens with zero attached hydrogens (tertiary/aromatic N) is 2. The topological polar surface area (TPSA) is 61.8 Å². The minimum Gasteiger partial charge on any atom is -0.326 e. The van der Waals surface area contributed by atoms with Gasteiger partial charge >= 0.3 is 6.18 Å². The minimum absolute atomic E-state index is 0.0600. The van der Waals surface area contributed by atoms with Crippen LogP contribution in [0, 0.1) is 6.92 Å². The number of alkyl halides is 3. The first-order chi connectivity index (χ1) is 14.2. The van der Waals surface area contributed by atoms with Gasteiger partial charge in [0.1, 0.15) is 5.25 Å². The third-order valence-corrected chi connectivity index (χ3v) is 5.62. The maximum atomic E-state index is 12.9. The Labute approximate surface area is 176 Å². The average molecular weight is 435 g/mol. The van der Waals surface area contributed by atoms with Crippen molar-refractivity contribution in [1.29, 1.82) is 0 Å². The summed E-state index contributed by atoms with van der Waals surface area (Å²) in [6.07, 6.45) is -4.54. The molecule has 1 saturated heterocycles. The smallest absolute Gasteiger partial charge is 0.326 e. The van der Waals surface area contributed by atoms with Gasteiger partial charge in [0.15, 0.2) is 5.17 Å². The number of amidine groups is 1. The van der Waals surface area contributed by atoms with Crippen molar-refractivity contribution >= 4 is 40.1 Å². The number of benzene rings is 2. The summed E-state index contributed by atoms with van der Waals surface area (Å²) in [7, 11) is 0. The molecule has 9 heteroatoms. The number of aryl methyl sites for hydroxylation is 1. The van der Waals surface area contributed by atoms with Gasteiger partial charge in [-0.3, -0.25) is 14.5 Å². The Morgan fingerprint density at radius 3 is 2.53 bits per heavy atom. The molecule has 1 aliphatic rings. The number of halogens is 3. The molecule has 30 heavy (non-hydrogen) atoms. The predicted octanol–water partition coefficient (Wildman–Crippen LogP) is 4.99. The van der Waals surface area contributed by atoms with Crippen LogP contribution >= 0.6 is 11.8 Å². The Hall–Kier alpha value is -2.81. The summed E-state index contributed by atoms with van der Waals surface area (Å²) in [5.41, 5.74) is 0.980. The molecule has 0 radical (unpaired) electrons. The Morgan fingerprint density at radius 2 is 1.90 bits per heavy atom. The second-order valence-electron chi connectivity index (χ2n) is 6.75. The molecule has 0 saturated carbocycles. The van der Waals surface area contributed by atoms with Crippen LogP contribution in [0.4, 0.5) is 24.5 Å². The fourth-order valence-corrected chi connectivity index (χ4v) is 4.12. The first-order valence-corrected chi connectivity index (χ1v) is 10.2. The van der Waals surface area contributed by atoms with E-state index in [1.54, 1.807) is 19.1 Å². The molecule has 2 aromatic rings. The van der Waals surface area contributed by atoms with Crippen molar-refractivity contribution in [1.82, 2.24) is 4.90 Å². The molecule has 2 aromatic carbocycles. The molecule has 3 rings (SSSR count). The Kier molecular flexibility index (Phi) is 6.50. The number of carbonyl (C=O) groups excluding carboxylic acids is 2. The van der Waals surface area contributed by atoms with E-state index < -0.39 is 17.0 Å². The van der Waals surface area contributed by atoms with Gasteiger partial charge in [0.25, 0.3) is 0 Å². The zero-order valence-electron chi connectivity index (χ0n) is 16.4. The van der Waals surface area contributed by atoms with Gasteiger partial charge in [-0.15, -0.1) is 0 Å². The highest BCUT2D eigenvalue weighted by Crippen LogP contribution is 2.34. The number of hydrogen-bond donors (Lipinski definition) is 1. The van der Waals surface area contributed by atoms with Crippen molar-refractivity contribution in [2.75, 3.05) is 11.9 Å². The van der Waals surface area contributed by atoms with Crippen molar-refractivity contribution in [2.45, 2.75) is 31.7 Å². The number of amides is 2. The lowest BCUT2D eigenvalue weighted by Gasteiger charge is -2.13. The summed E-state index contributed by atoms with van der Waals surface area (Å²) in [5.74, 6) is -0.603. The van der Waals surface area contributed by atoms with Gasteiger partial charge in [0.05, 0.1) is 11.3 Å². The molecule has 158 valence electrons. The summed E-state index contributed by atoms with van der Waals surface area (Å²) in [5, 5.41) is 2.36. The van der Waals surface area contributed by atoms with Crippen LogP contribution in [0.2, 0.25) is 0 Å². The van der Waals surface area contributed by atoms with Crippen LogP contribution in [0.3, 0.4) is 0 Å². The van der Waals surface area contributed by atoms with E-state index in [2.05, 4.69) is 10.3 Å². The molecule has 2 amide bonds. The molecule has 0 aliphatic carbocycles. The van der Waals surface area contributed by atoms with E-state index >= 15 is 0 Å². The van der Waals surface area contributed by atoms with E-state index in [-0.39, 0.29) is 29.1 Å². The summed E-state index contributed by atoms with van der Waals surface area (Å²) in [6, 6.07) is 11.9. The van der Waals surface area contributed by atoms with Gasteiger partial charge in [0.2, 0.25) is 11.8 Å². The summed E-state index contributed by atoms with van der Waals surface area (Å²) < 4.78 is 38.8. The molecule has 0 spiro atoms. The lowest BCUT2D eigenvalue weighted by atomic mass is 10.2. The van der Waals surface area contributed by atoms with Crippen LogP contribution in [0.25, 0.3) is 0 Å². The number of rotatable bonds is 5. The summed E-state index contributed by atoms with van der Waals surface area (Å²) in [4.78, 5) is 30.6. The third-order valence-electron chi connectivity index (χ3n) is 4.44. The monoisotopic (exact) mass is 435 g/mol. The molecule has 1 heterocycles. The van der Waals surface area contributed by atoms with Gasteiger partial charge in [-0.1, -0.05) is 35.5 Å². The zero-order valence-corrected chi connectivity index (χ0v) is 17.2. The molecule has 1 unspecified atom stereocenters. The van der Waals surface area contributed by atoms with E-state index in [4.69, 9.17) is 0 Å². The quantitative estimate of drug-likeness (QED) is 0.720. The number of hydrogen-bond acceptors (Lipinski definition) is 4. The van der Waals surface area contributed by atoms with Crippen molar-refractivity contribution < 1.29 is 22.8 Å². The molecule has 1 N–H and O–H groups in total. The number of aliphatic imine (C=N–C) groups is 1. The highest BCUT2D eigenvalue weighted by atomic mass is 32.2. The molecule has 1 fully saturated rings. The molecule has 0 bridgehead atoms. The molecular formula is C21H20F3N3O2S. The SMILES string of the molecule is CCN1C(=O)C(CC(=O)Nc2ccc(C)cc2)SC1=Nc1cccc(C(F)(F)F)c1. The molecule has 1 atom stereocenters. The Morgan fingerprint density at radius 1 is 1.20 bits per heavy atom. The largest absolute Gasteiger partial charge is 0.416 e. The number of carbonyl (C=O) groups is 2. The zero-order chi connectivity index (χ0) is 21.9. The maximum absolute atomic E-state index is 12.9. The maximum Gasteiger partial charge on any atom is 0.416 e. The van der Waals surface area contributed by atoms with E-state index in [0.29, 0.717) is 12.2 Å². The van der Waals surface area contributed by atoms with Crippen LogP contribution in [-0.4, -0.2) is 33.7 Å². The summed E-state index contributed by atoms with van der Waals surface area (Å²) >= 11 is 1.09. The van der Waals surface area contributed by atoms with Crippen molar-refractivity contribution in [3.63, 3.8) is 0 Å². The second-order valence-corrected chi connectivity index (χ2v) is 7.92. The first-order valence-electron chi connectivity index (χ1n) is 9.28. The van der Waals surface area contributed by atoms with Crippen LogP contribution in [0.1, 0.15) is 24.5 Å². The van der Waals surface area contributed by atoms with Crippen LogP contribution in [0.5, 0.6) is 0 Å². The molecular weight excluding hydrogens is 415 g/mol. The number of anilines is 1. The molecule has 1 aliphatic heterocycles. The predicted molar refractivity (Wildman–Crippen MR) is 112 cm³/mol. The van der Waals surface area contributed by atoms with Gasteiger partial charge in [0, 0.05) is 18.7 Å². The van der Waals surface area contributed by atoms with Gasteiger partial charge < -0.3 is 5.32 Å². The number of nitrogens with one attached hydrogen (secondary N) is 1. The van der Waals surface area contributed by atoms with E-state index in [9.17, 15) is 22.8 Å². The highest BCUT2D eigenvalue weighted by molar-refractivity contribution is 8.15. The standard InChI is InChI=1S/C21H20F3N3O2S/c1-3-27-19(29)17(12-18(28)25-15-9-7-13(2)8-10-15)30-20(27)26-16-6-4-5-14(11-16)21(22,23)24/h4-11,17H,3,12H2,1-2H3,(H,25,28). The van der Waals surface area contributed by atoms with Crippen molar-refractivity contribution in [3.8, 4) is 0 Å². The Balaban J connectivity index is 1.74. The van der Waals surface area contributed by atoms with Gasteiger partial charge in [-0.05, 0) is 44.2 Å². The van der Waals surface area contributed by atoms with E-state index in [0.717, 1.165) is 29.5 Å². The lowest BCUT2D eigenvalue weighted by Crippen LogP contribution is -2.33. The Bertz CT molecular complexity index is 974. The van der Waals surface area contributed by atoms with Gasteiger partial charge in [-0.25, -0.2) is 4.99 Å². The lowest BCUT2D eigenvalue weighted by molar-refractivity contribution is -0.137. The highest BCUT2D eigenvalue weighted by Gasteiger charge is 2.38. The van der Waals surface area contributed by atoms with Crippen molar-refractivity contribution in [3.05, 3.63) is 59.7 Å².